The molecule has 2 heterocycles. The van der Waals surface area contributed by atoms with Crippen LogP contribution in [0.4, 0.5) is 5.69 Å². The molecule has 0 aliphatic heterocycles. The van der Waals surface area contributed by atoms with Crippen molar-refractivity contribution in [3.63, 3.8) is 0 Å². The lowest BCUT2D eigenvalue weighted by Crippen LogP contribution is -2.24. The van der Waals surface area contributed by atoms with E-state index in [-0.39, 0.29) is 5.91 Å². The number of aromatic nitrogens is 5. The van der Waals surface area contributed by atoms with Gasteiger partial charge in [-0.25, -0.2) is 0 Å². The second kappa shape index (κ2) is 7.45. The van der Waals surface area contributed by atoms with E-state index in [0.717, 1.165) is 17.7 Å². The van der Waals surface area contributed by atoms with Crippen LogP contribution in [0.25, 0.3) is 0 Å². The van der Waals surface area contributed by atoms with E-state index in [1.54, 1.807) is 12.4 Å². The third kappa shape index (κ3) is 3.81. The van der Waals surface area contributed by atoms with Crippen molar-refractivity contribution in [2.45, 2.75) is 25.7 Å². The molecule has 1 amide bonds. The van der Waals surface area contributed by atoms with Gasteiger partial charge in [0.1, 0.15) is 5.92 Å². The molecule has 122 valence electrons. The number of nitrogens with one attached hydrogen (secondary N) is 2. The Labute approximate surface area is 139 Å². The molecule has 24 heavy (non-hydrogen) atoms. The molecule has 0 bridgehead atoms. The monoisotopic (exact) mass is 322 g/mol. The van der Waals surface area contributed by atoms with E-state index < -0.39 is 5.92 Å². The first-order valence-corrected chi connectivity index (χ1v) is 7.78. The number of aryl methyl sites for hydroxylation is 1. The topological polar surface area (TPSA) is 96.5 Å². The van der Waals surface area contributed by atoms with Crippen LogP contribution in [0.2, 0.25) is 0 Å². The summed E-state index contributed by atoms with van der Waals surface area (Å²) in [6.45, 7) is 2.09. The number of carbonyl (C=O) groups is 1. The Kier molecular flexibility index (Phi) is 4.90. The second-order valence-electron chi connectivity index (χ2n) is 5.43. The Hall–Kier alpha value is -3.09. The maximum atomic E-state index is 12.7. The number of hydrogen-bond donors (Lipinski definition) is 2. The van der Waals surface area contributed by atoms with Crippen molar-refractivity contribution in [1.82, 2.24) is 25.6 Å². The summed E-state index contributed by atoms with van der Waals surface area (Å²) in [5.74, 6) is -0.357. The maximum Gasteiger partial charge on any atom is 0.235 e. The van der Waals surface area contributed by atoms with Gasteiger partial charge in [-0.3, -0.25) is 9.78 Å². The highest BCUT2D eigenvalue weighted by Crippen LogP contribution is 2.20. The predicted molar refractivity (Wildman–Crippen MR) is 89.3 cm³/mol. The quantitative estimate of drug-likeness (QED) is 0.724. The van der Waals surface area contributed by atoms with Gasteiger partial charge in [0, 0.05) is 18.1 Å². The molecular formula is C17H18N6O. The van der Waals surface area contributed by atoms with Crippen LogP contribution in [0.5, 0.6) is 0 Å². The molecule has 7 nitrogen and oxygen atoms in total. The molecule has 0 radical (unpaired) electrons. The predicted octanol–water partition coefficient (Wildman–Crippen LogP) is 2.12. The summed E-state index contributed by atoms with van der Waals surface area (Å²) in [5.41, 5.74) is 2.90. The van der Waals surface area contributed by atoms with E-state index in [1.807, 2.05) is 36.4 Å². The number of hydrogen-bond acceptors (Lipinski definition) is 5. The van der Waals surface area contributed by atoms with Gasteiger partial charge in [0.2, 0.25) is 5.91 Å². The number of aromatic amines is 1. The molecule has 0 aliphatic rings. The van der Waals surface area contributed by atoms with Gasteiger partial charge in [0.25, 0.3) is 0 Å². The Morgan fingerprint density at radius 2 is 2.04 bits per heavy atom. The molecule has 2 aromatic heterocycles. The van der Waals surface area contributed by atoms with Crippen LogP contribution >= 0.6 is 0 Å². The molecule has 7 heteroatoms. The van der Waals surface area contributed by atoms with E-state index >= 15 is 0 Å². The fraction of sp³-hybridized carbons (Fsp3) is 0.235. The van der Waals surface area contributed by atoms with Crippen LogP contribution in [0, 0.1) is 0 Å². The zero-order chi connectivity index (χ0) is 16.8. The SMILES string of the molecule is CCc1ccc(NC(=O)[C@@H](Cc2cccnc2)c2nn[nH]n2)cc1. The number of pyridine rings is 1. The van der Waals surface area contributed by atoms with Gasteiger partial charge in [0.05, 0.1) is 0 Å². The van der Waals surface area contributed by atoms with Crippen LogP contribution < -0.4 is 5.32 Å². The summed E-state index contributed by atoms with van der Waals surface area (Å²) in [6, 6.07) is 11.6. The highest BCUT2D eigenvalue weighted by atomic mass is 16.1. The first kappa shape index (κ1) is 15.8. The summed E-state index contributed by atoms with van der Waals surface area (Å²) < 4.78 is 0. The van der Waals surface area contributed by atoms with Crippen molar-refractivity contribution < 1.29 is 4.79 Å². The minimum atomic E-state index is -0.543. The minimum absolute atomic E-state index is 0.176. The highest BCUT2D eigenvalue weighted by molar-refractivity contribution is 5.95. The number of H-pyrrole nitrogens is 1. The lowest BCUT2D eigenvalue weighted by atomic mass is 9.98. The summed E-state index contributed by atoms with van der Waals surface area (Å²) in [5, 5.41) is 16.8. The first-order chi connectivity index (χ1) is 11.8. The minimum Gasteiger partial charge on any atom is -0.325 e. The molecule has 2 N–H and O–H groups in total. The van der Waals surface area contributed by atoms with Gasteiger partial charge in [-0.1, -0.05) is 30.3 Å². The van der Waals surface area contributed by atoms with Crippen molar-refractivity contribution in [3.05, 3.63) is 65.7 Å². The number of benzene rings is 1. The number of carbonyl (C=O) groups excluding carboxylic acids is 1. The molecule has 0 aliphatic carbocycles. The largest absolute Gasteiger partial charge is 0.325 e. The molecule has 3 rings (SSSR count). The van der Waals surface area contributed by atoms with Crippen molar-refractivity contribution in [3.8, 4) is 0 Å². The van der Waals surface area contributed by atoms with Gasteiger partial charge in [-0.15, -0.1) is 10.2 Å². The van der Waals surface area contributed by atoms with Gasteiger partial charge in [-0.05, 0) is 42.2 Å². The Bertz CT molecular complexity index is 771. The normalized spacial score (nSPS) is 11.9. The van der Waals surface area contributed by atoms with Gasteiger partial charge < -0.3 is 5.32 Å². The van der Waals surface area contributed by atoms with Gasteiger partial charge in [0.15, 0.2) is 5.82 Å². The number of nitrogens with zero attached hydrogens (tertiary/aromatic N) is 4. The van der Waals surface area contributed by atoms with Crippen LogP contribution in [-0.4, -0.2) is 31.5 Å². The average Bonchev–Trinajstić information content (AvgIpc) is 3.15. The van der Waals surface area contributed by atoms with E-state index in [4.69, 9.17) is 0 Å². The molecule has 0 saturated heterocycles. The fourth-order valence-corrected chi connectivity index (χ4v) is 2.43. The van der Waals surface area contributed by atoms with Crippen molar-refractivity contribution in [2.24, 2.45) is 0 Å². The second-order valence-corrected chi connectivity index (χ2v) is 5.43. The lowest BCUT2D eigenvalue weighted by molar-refractivity contribution is -0.117. The smallest absolute Gasteiger partial charge is 0.235 e. The van der Waals surface area contributed by atoms with E-state index in [2.05, 4.69) is 37.8 Å². The average molecular weight is 322 g/mol. The summed E-state index contributed by atoms with van der Waals surface area (Å²) in [6.07, 6.45) is 4.84. The summed E-state index contributed by atoms with van der Waals surface area (Å²) >= 11 is 0. The maximum absolute atomic E-state index is 12.7. The summed E-state index contributed by atoms with van der Waals surface area (Å²) in [7, 11) is 0. The Balaban J connectivity index is 1.78. The standard InChI is InChI=1S/C17H18N6O/c1-2-12-5-7-14(8-6-12)19-17(24)15(16-20-22-23-21-16)10-13-4-3-9-18-11-13/h3-9,11,15H,2,10H2,1H3,(H,19,24)(H,20,21,22,23)/t15-/m0/s1. The van der Waals surface area contributed by atoms with Crippen LogP contribution in [0.1, 0.15) is 29.8 Å². The molecular weight excluding hydrogens is 304 g/mol. The molecule has 0 fully saturated rings. The van der Waals surface area contributed by atoms with Crippen molar-refractivity contribution >= 4 is 11.6 Å². The zero-order valence-corrected chi connectivity index (χ0v) is 13.3. The number of rotatable bonds is 6. The molecule has 1 atom stereocenters. The molecule has 0 unspecified atom stereocenters. The number of amides is 1. The molecule has 0 saturated carbocycles. The Morgan fingerprint density at radius 3 is 2.67 bits per heavy atom. The zero-order valence-electron chi connectivity index (χ0n) is 13.3. The highest BCUT2D eigenvalue weighted by Gasteiger charge is 2.25. The first-order valence-electron chi connectivity index (χ1n) is 7.78. The number of tetrazole rings is 1. The van der Waals surface area contributed by atoms with E-state index in [1.165, 1.54) is 5.56 Å². The third-order valence-corrected chi connectivity index (χ3v) is 3.78. The fourth-order valence-electron chi connectivity index (χ4n) is 2.43. The van der Waals surface area contributed by atoms with Crippen molar-refractivity contribution in [2.75, 3.05) is 5.32 Å². The van der Waals surface area contributed by atoms with Gasteiger partial charge in [-0.2, -0.15) is 5.21 Å². The lowest BCUT2D eigenvalue weighted by Gasteiger charge is -2.14. The third-order valence-electron chi connectivity index (χ3n) is 3.78. The molecule has 0 spiro atoms. The van der Waals surface area contributed by atoms with Crippen molar-refractivity contribution in [1.29, 1.82) is 0 Å². The number of anilines is 1. The van der Waals surface area contributed by atoms with Crippen LogP contribution in [0.3, 0.4) is 0 Å². The van der Waals surface area contributed by atoms with E-state index in [9.17, 15) is 4.79 Å². The molecule has 1 aromatic carbocycles. The Morgan fingerprint density at radius 1 is 1.21 bits per heavy atom. The van der Waals surface area contributed by atoms with Crippen LogP contribution in [-0.2, 0) is 17.6 Å². The van der Waals surface area contributed by atoms with Gasteiger partial charge >= 0.3 is 0 Å². The van der Waals surface area contributed by atoms with E-state index in [0.29, 0.717) is 12.2 Å². The van der Waals surface area contributed by atoms with Crippen LogP contribution in [0.15, 0.2) is 48.8 Å². The summed E-state index contributed by atoms with van der Waals surface area (Å²) in [4.78, 5) is 16.8. The molecule has 3 aromatic rings.